The monoisotopic (exact) mass is 320 g/mol. The second-order valence-corrected chi connectivity index (χ2v) is 4.65. The maximum atomic E-state index is 13.2. The Hall–Kier alpha value is -2.06. The summed E-state index contributed by atoms with van der Waals surface area (Å²) in [5.41, 5.74) is 10.9. The lowest BCUT2D eigenvalue weighted by molar-refractivity contribution is 0.435. The van der Waals surface area contributed by atoms with E-state index in [0.29, 0.717) is 24.3 Å². The summed E-state index contributed by atoms with van der Waals surface area (Å²) in [6.07, 6.45) is 0. The first-order chi connectivity index (χ1) is 10.2. The molecule has 2 atom stereocenters. The standard InChI is InChI=1S/C14H10F6N2/c15-7-1-5(2-8(16)11(7)19)13(21)14(22)6-3-9(17)12(20)10(18)4-6/h1-4,13-14H,21-22H2. The van der Waals surface area contributed by atoms with E-state index in [1.165, 1.54) is 0 Å². The Labute approximate surface area is 121 Å². The van der Waals surface area contributed by atoms with Crippen LogP contribution in [0.1, 0.15) is 23.2 Å². The van der Waals surface area contributed by atoms with Gasteiger partial charge in [-0.3, -0.25) is 0 Å². The summed E-state index contributed by atoms with van der Waals surface area (Å²) in [6.45, 7) is 0. The Bertz CT molecular complexity index is 611. The largest absolute Gasteiger partial charge is 0.322 e. The quantitative estimate of drug-likeness (QED) is 0.674. The first-order valence-corrected chi connectivity index (χ1v) is 6.02. The van der Waals surface area contributed by atoms with Crippen LogP contribution < -0.4 is 11.5 Å². The van der Waals surface area contributed by atoms with E-state index < -0.39 is 47.0 Å². The van der Waals surface area contributed by atoms with Crippen LogP contribution >= 0.6 is 0 Å². The first-order valence-electron chi connectivity index (χ1n) is 6.02. The Balaban J connectivity index is 2.39. The maximum absolute atomic E-state index is 13.2. The van der Waals surface area contributed by atoms with Crippen molar-refractivity contribution in [1.29, 1.82) is 0 Å². The normalized spacial score (nSPS) is 14.0. The molecule has 0 saturated heterocycles. The Morgan fingerprint density at radius 1 is 0.545 bits per heavy atom. The molecule has 0 aliphatic rings. The van der Waals surface area contributed by atoms with Gasteiger partial charge in [-0.25, -0.2) is 26.3 Å². The molecule has 2 rings (SSSR count). The molecule has 2 unspecified atom stereocenters. The van der Waals surface area contributed by atoms with Crippen LogP contribution in [-0.4, -0.2) is 0 Å². The minimum Gasteiger partial charge on any atom is -0.322 e. The van der Waals surface area contributed by atoms with Crippen LogP contribution in [0.4, 0.5) is 26.3 Å². The highest BCUT2D eigenvalue weighted by atomic mass is 19.2. The average molecular weight is 320 g/mol. The van der Waals surface area contributed by atoms with Gasteiger partial charge in [0, 0.05) is 12.1 Å². The van der Waals surface area contributed by atoms with Gasteiger partial charge in [-0.2, -0.15) is 0 Å². The number of nitrogens with two attached hydrogens (primary N) is 2. The molecule has 0 radical (unpaired) electrons. The van der Waals surface area contributed by atoms with E-state index in [1.807, 2.05) is 0 Å². The number of rotatable bonds is 3. The fraction of sp³-hybridized carbons (Fsp3) is 0.143. The van der Waals surface area contributed by atoms with Gasteiger partial charge >= 0.3 is 0 Å². The predicted molar refractivity (Wildman–Crippen MR) is 66.5 cm³/mol. The van der Waals surface area contributed by atoms with Gasteiger partial charge in [-0.1, -0.05) is 0 Å². The van der Waals surface area contributed by atoms with Crippen LogP contribution in [0.25, 0.3) is 0 Å². The molecule has 8 heteroatoms. The van der Waals surface area contributed by atoms with Crippen LogP contribution in [0, 0.1) is 34.9 Å². The summed E-state index contributed by atoms with van der Waals surface area (Å²) < 4.78 is 78.4. The molecular weight excluding hydrogens is 310 g/mol. The highest BCUT2D eigenvalue weighted by Crippen LogP contribution is 2.28. The minimum atomic E-state index is -1.68. The molecule has 0 aliphatic carbocycles. The van der Waals surface area contributed by atoms with Crippen LogP contribution in [0.2, 0.25) is 0 Å². The predicted octanol–water partition coefficient (Wildman–Crippen LogP) is 3.22. The van der Waals surface area contributed by atoms with Crippen molar-refractivity contribution in [1.82, 2.24) is 0 Å². The average Bonchev–Trinajstić information content (AvgIpc) is 2.47. The zero-order valence-corrected chi connectivity index (χ0v) is 10.9. The van der Waals surface area contributed by atoms with E-state index in [9.17, 15) is 26.3 Å². The second-order valence-electron chi connectivity index (χ2n) is 4.65. The van der Waals surface area contributed by atoms with Crippen molar-refractivity contribution in [2.75, 3.05) is 0 Å². The van der Waals surface area contributed by atoms with Gasteiger partial charge in [-0.15, -0.1) is 0 Å². The van der Waals surface area contributed by atoms with Crippen LogP contribution in [-0.2, 0) is 0 Å². The summed E-state index contributed by atoms with van der Waals surface area (Å²) in [6, 6.07) is -0.0980. The summed E-state index contributed by atoms with van der Waals surface area (Å²) in [5, 5.41) is 0. The molecule has 0 spiro atoms. The third-order valence-corrected chi connectivity index (χ3v) is 3.17. The van der Waals surface area contributed by atoms with Crippen LogP contribution in [0.3, 0.4) is 0 Å². The van der Waals surface area contributed by atoms with Crippen molar-refractivity contribution in [2.45, 2.75) is 12.1 Å². The summed E-state index contributed by atoms with van der Waals surface area (Å²) in [7, 11) is 0. The number of halogens is 6. The maximum Gasteiger partial charge on any atom is 0.194 e. The zero-order valence-electron chi connectivity index (χ0n) is 10.9. The van der Waals surface area contributed by atoms with Crippen molar-refractivity contribution in [3.8, 4) is 0 Å². The Kier molecular flexibility index (Phi) is 4.43. The SMILES string of the molecule is NC(c1cc(F)c(F)c(F)c1)C(N)c1cc(F)c(F)c(F)c1. The molecular formula is C14H10F6N2. The number of benzene rings is 2. The highest BCUT2D eigenvalue weighted by molar-refractivity contribution is 5.29. The summed E-state index contributed by atoms with van der Waals surface area (Å²) in [5.74, 6) is -9.27. The van der Waals surface area contributed by atoms with E-state index in [4.69, 9.17) is 11.5 Å². The molecule has 22 heavy (non-hydrogen) atoms. The van der Waals surface area contributed by atoms with Crippen molar-refractivity contribution < 1.29 is 26.3 Å². The third kappa shape index (κ3) is 2.93. The highest BCUT2D eigenvalue weighted by Gasteiger charge is 2.23. The lowest BCUT2D eigenvalue weighted by Crippen LogP contribution is -2.27. The van der Waals surface area contributed by atoms with Crippen molar-refractivity contribution in [3.63, 3.8) is 0 Å². The molecule has 0 bridgehead atoms. The van der Waals surface area contributed by atoms with E-state index in [2.05, 4.69) is 0 Å². The summed E-state index contributed by atoms with van der Waals surface area (Å²) >= 11 is 0. The lowest BCUT2D eigenvalue weighted by Gasteiger charge is -2.21. The Morgan fingerprint density at radius 2 is 0.773 bits per heavy atom. The molecule has 0 saturated carbocycles. The van der Waals surface area contributed by atoms with Gasteiger partial charge in [0.25, 0.3) is 0 Å². The Morgan fingerprint density at radius 3 is 1.00 bits per heavy atom. The molecule has 0 fully saturated rings. The molecule has 118 valence electrons. The topological polar surface area (TPSA) is 52.0 Å². The van der Waals surface area contributed by atoms with Crippen molar-refractivity contribution in [3.05, 3.63) is 70.3 Å². The number of hydrogen-bond donors (Lipinski definition) is 2. The number of hydrogen-bond acceptors (Lipinski definition) is 2. The molecule has 2 aromatic carbocycles. The van der Waals surface area contributed by atoms with Crippen molar-refractivity contribution in [2.24, 2.45) is 11.5 Å². The van der Waals surface area contributed by atoms with E-state index in [0.717, 1.165) is 0 Å². The lowest BCUT2D eigenvalue weighted by atomic mass is 9.94. The fourth-order valence-electron chi connectivity index (χ4n) is 1.95. The fourth-order valence-corrected chi connectivity index (χ4v) is 1.95. The van der Waals surface area contributed by atoms with Crippen molar-refractivity contribution >= 4 is 0 Å². The third-order valence-electron chi connectivity index (χ3n) is 3.17. The zero-order chi connectivity index (χ0) is 16.6. The summed E-state index contributed by atoms with van der Waals surface area (Å²) in [4.78, 5) is 0. The van der Waals surface area contributed by atoms with Gasteiger partial charge in [0.05, 0.1) is 0 Å². The first kappa shape index (κ1) is 16.3. The van der Waals surface area contributed by atoms with E-state index >= 15 is 0 Å². The molecule has 0 heterocycles. The molecule has 2 nitrogen and oxygen atoms in total. The van der Waals surface area contributed by atoms with Crippen LogP contribution in [0.15, 0.2) is 24.3 Å². The molecule has 4 N–H and O–H groups in total. The second kappa shape index (κ2) is 5.98. The van der Waals surface area contributed by atoms with Gasteiger partial charge in [-0.05, 0) is 35.4 Å². The molecule has 2 aromatic rings. The van der Waals surface area contributed by atoms with Crippen LogP contribution in [0.5, 0.6) is 0 Å². The van der Waals surface area contributed by atoms with Gasteiger partial charge in [0.1, 0.15) is 0 Å². The van der Waals surface area contributed by atoms with E-state index in [1.54, 1.807) is 0 Å². The molecule has 0 amide bonds. The van der Waals surface area contributed by atoms with Gasteiger partial charge < -0.3 is 11.5 Å². The smallest absolute Gasteiger partial charge is 0.194 e. The van der Waals surface area contributed by atoms with Gasteiger partial charge in [0.15, 0.2) is 34.9 Å². The van der Waals surface area contributed by atoms with E-state index in [-0.39, 0.29) is 11.1 Å². The minimum absolute atomic E-state index is 0.214. The van der Waals surface area contributed by atoms with Gasteiger partial charge in [0.2, 0.25) is 0 Å². The molecule has 0 aliphatic heterocycles. The molecule has 0 aromatic heterocycles.